The van der Waals surface area contributed by atoms with Gasteiger partial charge in [-0.15, -0.1) is 0 Å². The molecule has 0 aliphatic carbocycles. The van der Waals surface area contributed by atoms with Gasteiger partial charge in [-0.1, -0.05) is 13.8 Å². The van der Waals surface area contributed by atoms with Gasteiger partial charge in [0.25, 0.3) is 0 Å². The first-order chi connectivity index (χ1) is 9.89. The smallest absolute Gasteiger partial charge is 0.221 e. The highest BCUT2D eigenvalue weighted by Crippen LogP contribution is 2.15. The highest BCUT2D eigenvalue weighted by Gasteiger charge is 2.10. The molecule has 6 heteroatoms. The second-order valence-corrected chi connectivity index (χ2v) is 7.26. The van der Waals surface area contributed by atoms with Gasteiger partial charge in [0, 0.05) is 24.7 Å². The van der Waals surface area contributed by atoms with E-state index in [4.69, 9.17) is 0 Å². The van der Waals surface area contributed by atoms with Crippen molar-refractivity contribution >= 4 is 21.4 Å². The Morgan fingerprint density at radius 2 is 1.81 bits per heavy atom. The third-order valence-corrected chi connectivity index (χ3v) is 5.04. The molecule has 118 valence electrons. The minimum absolute atomic E-state index is 0.0158. The van der Waals surface area contributed by atoms with E-state index in [1.165, 1.54) is 0 Å². The maximum atomic E-state index is 11.7. The van der Waals surface area contributed by atoms with E-state index in [-0.39, 0.29) is 17.7 Å². The van der Waals surface area contributed by atoms with Crippen molar-refractivity contribution in [1.29, 1.82) is 0 Å². The molecule has 0 radical (unpaired) electrons. The van der Waals surface area contributed by atoms with Crippen LogP contribution in [0.15, 0.2) is 29.2 Å². The molecule has 1 amide bonds. The number of carbonyl (C=O) groups is 1. The molecule has 1 unspecified atom stereocenters. The number of anilines is 1. The first-order valence-electron chi connectivity index (χ1n) is 7.25. The quantitative estimate of drug-likeness (QED) is 0.771. The summed E-state index contributed by atoms with van der Waals surface area (Å²) in [5.41, 5.74) is 0.807. The summed E-state index contributed by atoms with van der Waals surface area (Å²) in [6.07, 6.45) is 1.30. The molecule has 2 N–H and O–H groups in total. The zero-order chi connectivity index (χ0) is 15.9. The monoisotopic (exact) mass is 312 g/mol. The van der Waals surface area contributed by atoms with Crippen molar-refractivity contribution in [3.8, 4) is 0 Å². The first kappa shape index (κ1) is 17.5. The van der Waals surface area contributed by atoms with Gasteiger partial charge in [-0.25, -0.2) is 8.42 Å². The number of carbonyl (C=O) groups excluding carboxylic acids is 1. The van der Waals surface area contributed by atoms with Crippen LogP contribution in [0, 0.1) is 0 Å². The minimum atomic E-state index is -3.16. The molecule has 21 heavy (non-hydrogen) atoms. The van der Waals surface area contributed by atoms with E-state index in [0.29, 0.717) is 17.9 Å². The Morgan fingerprint density at radius 1 is 1.19 bits per heavy atom. The topological polar surface area (TPSA) is 75.3 Å². The maximum absolute atomic E-state index is 11.7. The number of sulfone groups is 1. The Kier molecular flexibility index (Phi) is 6.68. The standard InChI is InChI=1S/C15H24N2O3S/c1-4-12(3)17-15(18)10-11-16-13-6-8-14(9-7-13)21(19,20)5-2/h6-9,12,16H,4-5,10-11H2,1-3H3,(H,17,18). The van der Waals surface area contributed by atoms with Crippen LogP contribution in [0.3, 0.4) is 0 Å². The molecule has 5 nitrogen and oxygen atoms in total. The van der Waals surface area contributed by atoms with Crippen molar-refractivity contribution < 1.29 is 13.2 Å². The van der Waals surface area contributed by atoms with Crippen LogP contribution in [0.2, 0.25) is 0 Å². The molecule has 1 aromatic carbocycles. The molecule has 1 atom stereocenters. The van der Waals surface area contributed by atoms with E-state index in [1.54, 1.807) is 31.2 Å². The lowest BCUT2D eigenvalue weighted by Gasteiger charge is -2.12. The van der Waals surface area contributed by atoms with Gasteiger partial charge in [0.2, 0.25) is 5.91 Å². The van der Waals surface area contributed by atoms with Crippen molar-refractivity contribution in [2.75, 3.05) is 17.6 Å². The summed E-state index contributed by atoms with van der Waals surface area (Å²) in [5, 5.41) is 6.00. The summed E-state index contributed by atoms with van der Waals surface area (Å²) >= 11 is 0. The van der Waals surface area contributed by atoms with Gasteiger partial charge in [-0.05, 0) is 37.6 Å². The number of rotatable bonds is 8. The minimum Gasteiger partial charge on any atom is -0.385 e. The Balaban J connectivity index is 2.45. The summed E-state index contributed by atoms with van der Waals surface area (Å²) < 4.78 is 23.3. The fourth-order valence-corrected chi connectivity index (χ4v) is 2.60. The van der Waals surface area contributed by atoms with Crippen LogP contribution >= 0.6 is 0 Å². The lowest BCUT2D eigenvalue weighted by Crippen LogP contribution is -2.32. The number of hydrogen-bond acceptors (Lipinski definition) is 4. The summed E-state index contributed by atoms with van der Waals surface area (Å²) in [5.74, 6) is 0.109. The highest BCUT2D eigenvalue weighted by molar-refractivity contribution is 7.91. The molecule has 0 fully saturated rings. The van der Waals surface area contributed by atoms with Crippen molar-refractivity contribution in [2.24, 2.45) is 0 Å². The van der Waals surface area contributed by atoms with Crippen LogP contribution in [0.25, 0.3) is 0 Å². The van der Waals surface area contributed by atoms with Crippen molar-refractivity contribution in [3.63, 3.8) is 0 Å². The van der Waals surface area contributed by atoms with Crippen molar-refractivity contribution in [2.45, 2.75) is 44.6 Å². The van der Waals surface area contributed by atoms with Gasteiger partial charge < -0.3 is 10.6 Å². The Morgan fingerprint density at radius 3 is 2.33 bits per heavy atom. The molecular weight excluding hydrogens is 288 g/mol. The van der Waals surface area contributed by atoms with Crippen LogP contribution in [-0.4, -0.2) is 32.7 Å². The average Bonchev–Trinajstić information content (AvgIpc) is 2.47. The van der Waals surface area contributed by atoms with E-state index in [9.17, 15) is 13.2 Å². The predicted octanol–water partition coefficient (Wildman–Crippen LogP) is 2.20. The van der Waals surface area contributed by atoms with E-state index >= 15 is 0 Å². The second kappa shape index (κ2) is 8.02. The summed E-state index contributed by atoms with van der Waals surface area (Å²) in [6, 6.07) is 6.79. The third-order valence-electron chi connectivity index (χ3n) is 3.29. The van der Waals surface area contributed by atoms with E-state index in [0.717, 1.165) is 12.1 Å². The molecule has 0 spiro atoms. The fourth-order valence-electron chi connectivity index (χ4n) is 1.72. The Labute approximate surface area is 127 Å². The van der Waals surface area contributed by atoms with Crippen LogP contribution in [0.4, 0.5) is 5.69 Å². The Bertz CT molecular complexity index is 553. The van der Waals surface area contributed by atoms with E-state index in [2.05, 4.69) is 10.6 Å². The van der Waals surface area contributed by atoms with Gasteiger partial charge in [-0.3, -0.25) is 4.79 Å². The maximum Gasteiger partial charge on any atom is 0.221 e. The largest absolute Gasteiger partial charge is 0.385 e. The van der Waals surface area contributed by atoms with Crippen LogP contribution in [0.5, 0.6) is 0 Å². The van der Waals surface area contributed by atoms with Gasteiger partial charge in [-0.2, -0.15) is 0 Å². The molecule has 1 rings (SSSR count). The molecular formula is C15H24N2O3S. The molecule has 0 aliphatic heterocycles. The Hall–Kier alpha value is -1.56. The summed E-state index contributed by atoms with van der Waals surface area (Å²) in [6.45, 7) is 6.13. The van der Waals surface area contributed by atoms with Crippen LogP contribution < -0.4 is 10.6 Å². The SMILES string of the molecule is CCC(C)NC(=O)CCNc1ccc(S(=O)(=O)CC)cc1. The number of benzene rings is 1. The van der Waals surface area contributed by atoms with Crippen LogP contribution in [0.1, 0.15) is 33.6 Å². The molecule has 1 aromatic rings. The number of nitrogens with one attached hydrogen (secondary N) is 2. The normalized spacial score (nSPS) is 12.7. The summed E-state index contributed by atoms with van der Waals surface area (Å²) in [7, 11) is -3.16. The van der Waals surface area contributed by atoms with E-state index in [1.807, 2.05) is 13.8 Å². The summed E-state index contributed by atoms with van der Waals surface area (Å²) in [4.78, 5) is 11.9. The average molecular weight is 312 g/mol. The van der Waals surface area contributed by atoms with Gasteiger partial charge >= 0.3 is 0 Å². The third kappa shape index (κ3) is 5.75. The molecule has 0 bridgehead atoms. The number of amides is 1. The molecule has 0 saturated heterocycles. The van der Waals surface area contributed by atoms with E-state index < -0.39 is 9.84 Å². The lowest BCUT2D eigenvalue weighted by atomic mass is 10.2. The van der Waals surface area contributed by atoms with Crippen molar-refractivity contribution in [3.05, 3.63) is 24.3 Å². The van der Waals surface area contributed by atoms with Gasteiger partial charge in [0.15, 0.2) is 9.84 Å². The molecule has 0 saturated carbocycles. The zero-order valence-corrected chi connectivity index (χ0v) is 13.7. The zero-order valence-electron chi connectivity index (χ0n) is 12.8. The fraction of sp³-hybridized carbons (Fsp3) is 0.533. The molecule has 0 aliphatic rings. The molecule has 0 aromatic heterocycles. The molecule has 0 heterocycles. The number of hydrogen-bond donors (Lipinski definition) is 2. The van der Waals surface area contributed by atoms with Gasteiger partial charge in [0.05, 0.1) is 10.6 Å². The second-order valence-electron chi connectivity index (χ2n) is 4.98. The van der Waals surface area contributed by atoms with Gasteiger partial charge in [0.1, 0.15) is 0 Å². The lowest BCUT2D eigenvalue weighted by molar-refractivity contribution is -0.121. The highest BCUT2D eigenvalue weighted by atomic mass is 32.2. The van der Waals surface area contributed by atoms with Crippen LogP contribution in [-0.2, 0) is 14.6 Å². The predicted molar refractivity (Wildman–Crippen MR) is 85.2 cm³/mol. The van der Waals surface area contributed by atoms with Crippen molar-refractivity contribution in [1.82, 2.24) is 5.32 Å². The first-order valence-corrected chi connectivity index (χ1v) is 8.90.